The van der Waals surface area contributed by atoms with Gasteiger partial charge in [-0.3, -0.25) is 13.9 Å². The van der Waals surface area contributed by atoms with Crippen molar-refractivity contribution < 1.29 is 9.21 Å². The summed E-state index contributed by atoms with van der Waals surface area (Å²) in [5, 5.41) is 2.91. The maximum atomic E-state index is 12.5. The zero-order chi connectivity index (χ0) is 19.8. The Bertz CT molecular complexity index is 1220. The third-order valence-electron chi connectivity index (χ3n) is 4.62. The Balaban J connectivity index is 1.82. The van der Waals surface area contributed by atoms with Crippen LogP contribution >= 0.6 is 11.8 Å². The molecule has 0 aliphatic rings. The third kappa shape index (κ3) is 3.25. The summed E-state index contributed by atoms with van der Waals surface area (Å²) in [6.07, 6.45) is 1.46. The molecule has 0 saturated carbocycles. The van der Waals surface area contributed by atoms with Crippen molar-refractivity contribution in [1.82, 2.24) is 9.13 Å². The molecular weight excluding hydrogens is 374 g/mol. The summed E-state index contributed by atoms with van der Waals surface area (Å²) in [5.74, 6) is -0.107. The van der Waals surface area contributed by atoms with Gasteiger partial charge in [0.1, 0.15) is 0 Å². The summed E-state index contributed by atoms with van der Waals surface area (Å²) < 4.78 is 8.37. The van der Waals surface area contributed by atoms with E-state index in [4.69, 9.17) is 4.42 Å². The van der Waals surface area contributed by atoms with Gasteiger partial charge in [-0.2, -0.15) is 0 Å². The minimum absolute atomic E-state index is 0.115. The van der Waals surface area contributed by atoms with E-state index in [0.29, 0.717) is 5.69 Å². The number of carbonyl (C=O) groups is 1. The number of fused-ring (bicyclic) bond motifs is 1. The van der Waals surface area contributed by atoms with Crippen LogP contribution in [0.25, 0.3) is 11.0 Å². The lowest BCUT2D eigenvalue weighted by molar-refractivity contribution is 0.0996. The largest absolute Gasteiger partial charge is 0.459 e. The van der Waals surface area contributed by atoms with E-state index in [1.54, 1.807) is 35.4 Å². The molecule has 4 aromatic rings. The predicted octanol–water partition coefficient (Wildman–Crippen LogP) is 4.18. The van der Waals surface area contributed by atoms with Crippen LogP contribution in [-0.2, 0) is 14.1 Å². The molecule has 0 fully saturated rings. The molecule has 7 heteroatoms. The van der Waals surface area contributed by atoms with Gasteiger partial charge in [0.25, 0.3) is 5.91 Å². The smallest absolute Gasteiger partial charge is 0.328 e. The molecule has 0 bridgehead atoms. The van der Waals surface area contributed by atoms with Crippen LogP contribution in [0.2, 0.25) is 0 Å². The van der Waals surface area contributed by atoms with Crippen molar-refractivity contribution in [2.45, 2.75) is 16.7 Å². The molecule has 0 atom stereocenters. The highest BCUT2D eigenvalue weighted by Crippen LogP contribution is 2.36. The molecule has 0 spiro atoms. The normalized spacial score (nSPS) is 11.1. The van der Waals surface area contributed by atoms with Crippen molar-refractivity contribution in [2.24, 2.45) is 14.1 Å². The number of nitrogens with zero attached hydrogens (tertiary/aromatic N) is 2. The standard InChI is InChI=1S/C21H19N3O3S/c1-13-6-8-14(9-7-13)28-19-12-17-16(23(2)21(26)24(17)3)11-15(19)22-20(25)18-5-4-10-27-18/h4-12H,1-3H3,(H,22,25). The average Bonchev–Trinajstić information content (AvgIpc) is 3.29. The molecule has 0 unspecified atom stereocenters. The van der Waals surface area contributed by atoms with Gasteiger partial charge in [-0.05, 0) is 43.3 Å². The number of furan rings is 1. The lowest BCUT2D eigenvalue weighted by Crippen LogP contribution is -2.19. The van der Waals surface area contributed by atoms with Gasteiger partial charge in [-0.25, -0.2) is 4.79 Å². The Hall–Kier alpha value is -3.19. The second kappa shape index (κ2) is 7.09. The van der Waals surface area contributed by atoms with E-state index in [1.807, 2.05) is 43.3 Å². The van der Waals surface area contributed by atoms with Crippen LogP contribution in [0.5, 0.6) is 0 Å². The van der Waals surface area contributed by atoms with Crippen LogP contribution in [0, 0.1) is 6.92 Å². The molecular formula is C21H19N3O3S. The Morgan fingerprint density at radius 3 is 2.36 bits per heavy atom. The van der Waals surface area contributed by atoms with Gasteiger partial charge in [-0.1, -0.05) is 29.5 Å². The number of hydrogen-bond donors (Lipinski definition) is 1. The van der Waals surface area contributed by atoms with Gasteiger partial charge in [-0.15, -0.1) is 0 Å². The van der Waals surface area contributed by atoms with Crippen molar-refractivity contribution >= 4 is 34.4 Å². The average molecular weight is 393 g/mol. The molecule has 1 N–H and O–H groups in total. The molecule has 142 valence electrons. The van der Waals surface area contributed by atoms with Crippen LogP contribution in [0.4, 0.5) is 5.69 Å². The second-order valence-electron chi connectivity index (χ2n) is 6.58. The molecule has 4 rings (SSSR count). The fourth-order valence-electron chi connectivity index (χ4n) is 3.03. The topological polar surface area (TPSA) is 69.2 Å². The molecule has 0 saturated heterocycles. The molecule has 28 heavy (non-hydrogen) atoms. The van der Waals surface area contributed by atoms with Gasteiger partial charge in [0.15, 0.2) is 5.76 Å². The van der Waals surface area contributed by atoms with Gasteiger partial charge in [0.05, 0.1) is 23.0 Å². The van der Waals surface area contributed by atoms with E-state index in [1.165, 1.54) is 23.6 Å². The SMILES string of the molecule is Cc1ccc(Sc2cc3c(cc2NC(=O)c2ccco2)n(C)c(=O)n3C)cc1. The van der Waals surface area contributed by atoms with Crippen molar-refractivity contribution in [2.75, 3.05) is 5.32 Å². The molecule has 0 aliphatic carbocycles. The number of anilines is 1. The van der Waals surface area contributed by atoms with E-state index in [-0.39, 0.29) is 17.4 Å². The van der Waals surface area contributed by atoms with Crippen molar-refractivity contribution in [3.8, 4) is 0 Å². The monoisotopic (exact) mass is 393 g/mol. The third-order valence-corrected chi connectivity index (χ3v) is 5.68. The predicted molar refractivity (Wildman–Crippen MR) is 110 cm³/mol. The van der Waals surface area contributed by atoms with Gasteiger partial charge >= 0.3 is 5.69 Å². The summed E-state index contributed by atoms with van der Waals surface area (Å²) in [7, 11) is 3.46. The van der Waals surface area contributed by atoms with Crippen LogP contribution in [-0.4, -0.2) is 15.0 Å². The zero-order valence-corrected chi connectivity index (χ0v) is 16.5. The fraction of sp³-hybridized carbons (Fsp3) is 0.143. The number of rotatable bonds is 4. The summed E-state index contributed by atoms with van der Waals surface area (Å²) in [6.45, 7) is 2.04. The fourth-order valence-corrected chi connectivity index (χ4v) is 3.95. The first-order valence-electron chi connectivity index (χ1n) is 8.73. The van der Waals surface area contributed by atoms with E-state index in [9.17, 15) is 9.59 Å². The highest BCUT2D eigenvalue weighted by atomic mass is 32.2. The quantitative estimate of drug-likeness (QED) is 0.565. The number of amides is 1. The van der Waals surface area contributed by atoms with Crippen LogP contribution in [0.15, 0.2) is 73.8 Å². The second-order valence-corrected chi connectivity index (χ2v) is 7.70. The van der Waals surface area contributed by atoms with Crippen LogP contribution in [0.1, 0.15) is 16.1 Å². The highest BCUT2D eigenvalue weighted by molar-refractivity contribution is 7.99. The number of hydrogen-bond acceptors (Lipinski definition) is 4. The van der Waals surface area contributed by atoms with E-state index in [0.717, 1.165) is 20.8 Å². The van der Waals surface area contributed by atoms with Crippen molar-refractivity contribution in [3.05, 3.63) is 76.6 Å². The Morgan fingerprint density at radius 2 is 1.71 bits per heavy atom. The highest BCUT2D eigenvalue weighted by Gasteiger charge is 2.17. The number of carbonyl (C=O) groups excluding carboxylic acids is 1. The lowest BCUT2D eigenvalue weighted by Gasteiger charge is -2.12. The van der Waals surface area contributed by atoms with Gasteiger partial charge in [0.2, 0.25) is 0 Å². The Kier molecular flexibility index (Phi) is 4.60. The van der Waals surface area contributed by atoms with Gasteiger partial charge < -0.3 is 9.73 Å². The molecule has 6 nitrogen and oxygen atoms in total. The number of aromatic nitrogens is 2. The molecule has 0 radical (unpaired) electrons. The first kappa shape index (κ1) is 18.2. The Morgan fingerprint density at radius 1 is 1.04 bits per heavy atom. The maximum absolute atomic E-state index is 12.5. The summed E-state index contributed by atoms with van der Waals surface area (Å²) in [5.41, 5.74) is 3.24. The maximum Gasteiger partial charge on any atom is 0.328 e. The van der Waals surface area contributed by atoms with Crippen molar-refractivity contribution in [3.63, 3.8) is 0 Å². The van der Waals surface area contributed by atoms with Crippen LogP contribution < -0.4 is 11.0 Å². The molecule has 2 heterocycles. The van der Waals surface area contributed by atoms with Crippen molar-refractivity contribution in [1.29, 1.82) is 0 Å². The van der Waals surface area contributed by atoms with E-state index < -0.39 is 0 Å². The van der Waals surface area contributed by atoms with E-state index in [2.05, 4.69) is 5.32 Å². The molecule has 0 aliphatic heterocycles. The van der Waals surface area contributed by atoms with Crippen LogP contribution in [0.3, 0.4) is 0 Å². The number of benzene rings is 2. The lowest BCUT2D eigenvalue weighted by atomic mass is 10.2. The summed E-state index contributed by atoms with van der Waals surface area (Å²) >= 11 is 1.53. The molecule has 1 amide bonds. The number of aryl methyl sites for hydroxylation is 3. The Labute approximate surface area is 165 Å². The minimum atomic E-state index is -0.337. The summed E-state index contributed by atoms with van der Waals surface area (Å²) in [6, 6.07) is 15.2. The van der Waals surface area contributed by atoms with Gasteiger partial charge in [0, 0.05) is 23.9 Å². The first-order valence-corrected chi connectivity index (χ1v) is 9.54. The zero-order valence-electron chi connectivity index (χ0n) is 15.7. The summed E-state index contributed by atoms with van der Waals surface area (Å²) in [4.78, 5) is 26.7. The number of imidazole rings is 1. The van der Waals surface area contributed by atoms with E-state index >= 15 is 0 Å². The molecule has 2 aromatic heterocycles. The number of nitrogens with one attached hydrogen (secondary N) is 1. The molecule has 2 aromatic carbocycles. The minimum Gasteiger partial charge on any atom is -0.459 e. The first-order chi connectivity index (χ1) is 13.4.